The molecule has 1 aliphatic rings. The Morgan fingerprint density at radius 2 is 1.62 bits per heavy atom. The third kappa shape index (κ3) is 3.35. The van der Waals surface area contributed by atoms with Crippen molar-refractivity contribution in [3.63, 3.8) is 0 Å². The summed E-state index contributed by atoms with van der Waals surface area (Å²) < 4.78 is 2.43. The van der Waals surface area contributed by atoms with Crippen molar-refractivity contribution in [3.05, 3.63) is 98.3 Å². The summed E-state index contributed by atoms with van der Waals surface area (Å²) in [7, 11) is 3.04. The summed E-state index contributed by atoms with van der Waals surface area (Å²) in [6.45, 7) is 0.431. The van der Waals surface area contributed by atoms with Crippen LogP contribution in [0, 0.1) is 0 Å². The first kappa shape index (κ1) is 18.7. The van der Waals surface area contributed by atoms with Gasteiger partial charge in [0.15, 0.2) is 0 Å². The molecule has 2 aromatic carbocycles. The molecule has 1 aromatic heterocycles. The molecule has 0 unspecified atom stereocenters. The number of carbonyl (C=O) groups excluding carboxylic acids is 1. The SMILES string of the molecule is Cn1cc([C@@H]2Nc3ccccc3C(=O)N2CCc2ccccc2)c(=O)n(C)c1=O. The van der Waals surface area contributed by atoms with Crippen molar-refractivity contribution in [2.24, 2.45) is 14.1 Å². The largest absolute Gasteiger partial charge is 0.361 e. The topological polar surface area (TPSA) is 76.3 Å². The molecule has 0 saturated carbocycles. The number of aromatic nitrogens is 2. The second-order valence-electron chi connectivity index (χ2n) is 7.17. The predicted molar refractivity (Wildman–Crippen MR) is 111 cm³/mol. The average Bonchev–Trinajstić information content (AvgIpc) is 2.75. The molecule has 1 atom stereocenters. The first-order chi connectivity index (χ1) is 14.0. The fourth-order valence-corrected chi connectivity index (χ4v) is 3.69. The van der Waals surface area contributed by atoms with Gasteiger partial charge in [0.25, 0.3) is 11.5 Å². The maximum atomic E-state index is 13.3. The third-order valence-corrected chi connectivity index (χ3v) is 5.27. The molecule has 0 fully saturated rings. The van der Waals surface area contributed by atoms with Gasteiger partial charge in [0, 0.05) is 32.5 Å². The van der Waals surface area contributed by atoms with E-state index in [4.69, 9.17) is 0 Å². The van der Waals surface area contributed by atoms with Crippen LogP contribution in [-0.2, 0) is 20.5 Å². The average molecular weight is 390 g/mol. The van der Waals surface area contributed by atoms with E-state index < -0.39 is 17.4 Å². The quantitative estimate of drug-likeness (QED) is 0.738. The van der Waals surface area contributed by atoms with Crippen molar-refractivity contribution >= 4 is 11.6 Å². The minimum absolute atomic E-state index is 0.142. The van der Waals surface area contributed by atoms with E-state index in [1.807, 2.05) is 48.5 Å². The number of fused-ring (bicyclic) bond motifs is 1. The van der Waals surface area contributed by atoms with E-state index in [1.165, 1.54) is 17.8 Å². The molecule has 1 N–H and O–H groups in total. The highest BCUT2D eigenvalue weighted by Crippen LogP contribution is 2.31. The first-order valence-corrected chi connectivity index (χ1v) is 9.44. The lowest BCUT2D eigenvalue weighted by molar-refractivity contribution is 0.0683. The number of hydrogen-bond acceptors (Lipinski definition) is 4. The van der Waals surface area contributed by atoms with E-state index >= 15 is 0 Å². The molecule has 7 heteroatoms. The Morgan fingerprint density at radius 3 is 2.38 bits per heavy atom. The van der Waals surface area contributed by atoms with Gasteiger partial charge in [0.2, 0.25) is 0 Å². The molecule has 0 spiro atoms. The van der Waals surface area contributed by atoms with Gasteiger partial charge < -0.3 is 14.8 Å². The number of rotatable bonds is 4. The zero-order valence-corrected chi connectivity index (χ0v) is 16.3. The summed E-state index contributed by atoms with van der Waals surface area (Å²) in [5.74, 6) is -0.142. The van der Waals surface area contributed by atoms with Crippen LogP contribution < -0.4 is 16.6 Å². The monoisotopic (exact) mass is 390 g/mol. The van der Waals surface area contributed by atoms with Crippen molar-refractivity contribution in [3.8, 4) is 0 Å². The molecular weight excluding hydrogens is 368 g/mol. The molecule has 2 heterocycles. The van der Waals surface area contributed by atoms with Gasteiger partial charge in [-0.05, 0) is 24.1 Å². The van der Waals surface area contributed by atoms with Gasteiger partial charge in [0.1, 0.15) is 6.17 Å². The van der Waals surface area contributed by atoms with Gasteiger partial charge in [0.05, 0.1) is 11.1 Å². The zero-order valence-electron chi connectivity index (χ0n) is 16.3. The lowest BCUT2D eigenvalue weighted by Crippen LogP contribution is -2.48. The van der Waals surface area contributed by atoms with E-state index in [0.29, 0.717) is 29.8 Å². The van der Waals surface area contributed by atoms with Gasteiger partial charge >= 0.3 is 5.69 Å². The summed E-state index contributed by atoms with van der Waals surface area (Å²) in [5, 5.41) is 3.32. The van der Waals surface area contributed by atoms with Crippen LogP contribution in [0.3, 0.4) is 0 Å². The highest BCUT2D eigenvalue weighted by molar-refractivity contribution is 6.01. The van der Waals surface area contributed by atoms with Crippen LogP contribution in [-0.4, -0.2) is 26.5 Å². The Labute approximate surface area is 167 Å². The fourth-order valence-electron chi connectivity index (χ4n) is 3.69. The van der Waals surface area contributed by atoms with Crippen LogP contribution in [0.1, 0.15) is 27.7 Å². The summed E-state index contributed by atoms with van der Waals surface area (Å²) in [6.07, 6.45) is 1.50. The van der Waals surface area contributed by atoms with Gasteiger partial charge in [-0.2, -0.15) is 0 Å². The van der Waals surface area contributed by atoms with Crippen molar-refractivity contribution in [1.82, 2.24) is 14.0 Å². The van der Waals surface area contributed by atoms with E-state index in [0.717, 1.165) is 10.1 Å². The van der Waals surface area contributed by atoms with Crippen LogP contribution in [0.15, 0.2) is 70.4 Å². The molecule has 0 aliphatic carbocycles. The summed E-state index contributed by atoms with van der Waals surface area (Å²) in [4.78, 5) is 39.9. The molecular formula is C22H22N4O3. The number of carbonyl (C=O) groups is 1. The molecule has 148 valence electrons. The van der Waals surface area contributed by atoms with Crippen LogP contribution in [0.2, 0.25) is 0 Å². The van der Waals surface area contributed by atoms with Crippen LogP contribution >= 0.6 is 0 Å². The van der Waals surface area contributed by atoms with Crippen molar-refractivity contribution in [2.75, 3.05) is 11.9 Å². The molecule has 3 aromatic rings. The number of hydrogen-bond donors (Lipinski definition) is 1. The molecule has 1 amide bonds. The van der Waals surface area contributed by atoms with E-state index in [-0.39, 0.29) is 5.91 Å². The third-order valence-electron chi connectivity index (χ3n) is 5.27. The van der Waals surface area contributed by atoms with Crippen molar-refractivity contribution in [1.29, 1.82) is 0 Å². The number of nitrogens with one attached hydrogen (secondary N) is 1. The molecule has 0 saturated heterocycles. The van der Waals surface area contributed by atoms with Crippen LogP contribution in [0.5, 0.6) is 0 Å². The Balaban J connectivity index is 1.78. The van der Waals surface area contributed by atoms with Crippen molar-refractivity contribution < 1.29 is 4.79 Å². The van der Waals surface area contributed by atoms with E-state index in [2.05, 4.69) is 5.32 Å². The van der Waals surface area contributed by atoms with Gasteiger partial charge in [-0.3, -0.25) is 14.2 Å². The number of aryl methyl sites for hydroxylation is 1. The Kier molecular flexibility index (Phi) is 4.80. The number of benzene rings is 2. The standard InChI is InChI=1S/C22H22N4O3/c1-24-14-17(20(27)25(2)22(24)29)19-23-18-11-7-6-10-16(18)21(28)26(19)13-12-15-8-4-3-5-9-15/h3-11,14,19,23H,12-13H2,1-2H3/t19-/m1/s1. The molecule has 0 radical (unpaired) electrons. The number of nitrogens with zero attached hydrogens (tertiary/aromatic N) is 3. The minimum Gasteiger partial charge on any atom is -0.361 e. The fraction of sp³-hybridized carbons (Fsp3) is 0.227. The number of para-hydroxylation sites is 1. The Morgan fingerprint density at radius 1 is 0.931 bits per heavy atom. The van der Waals surface area contributed by atoms with Gasteiger partial charge in [-0.1, -0.05) is 42.5 Å². The Hall–Kier alpha value is -3.61. The lowest BCUT2D eigenvalue weighted by atomic mass is 10.0. The van der Waals surface area contributed by atoms with E-state index in [1.54, 1.807) is 18.0 Å². The maximum absolute atomic E-state index is 13.3. The first-order valence-electron chi connectivity index (χ1n) is 9.44. The highest BCUT2D eigenvalue weighted by atomic mass is 16.2. The van der Waals surface area contributed by atoms with Crippen molar-refractivity contribution in [2.45, 2.75) is 12.6 Å². The zero-order chi connectivity index (χ0) is 20.5. The second-order valence-corrected chi connectivity index (χ2v) is 7.17. The molecule has 29 heavy (non-hydrogen) atoms. The van der Waals surface area contributed by atoms with Gasteiger partial charge in [-0.15, -0.1) is 0 Å². The molecule has 7 nitrogen and oxygen atoms in total. The normalized spacial score (nSPS) is 15.7. The van der Waals surface area contributed by atoms with E-state index in [9.17, 15) is 14.4 Å². The van der Waals surface area contributed by atoms with Gasteiger partial charge in [-0.25, -0.2) is 4.79 Å². The number of anilines is 1. The van der Waals surface area contributed by atoms with Crippen LogP contribution in [0.25, 0.3) is 0 Å². The summed E-state index contributed by atoms with van der Waals surface area (Å²) in [6, 6.07) is 17.1. The smallest absolute Gasteiger partial charge is 0.330 e. The minimum atomic E-state index is -0.661. The summed E-state index contributed by atoms with van der Waals surface area (Å²) in [5.41, 5.74) is 1.88. The summed E-state index contributed by atoms with van der Waals surface area (Å²) >= 11 is 0. The molecule has 0 bridgehead atoms. The molecule has 4 rings (SSSR count). The lowest BCUT2D eigenvalue weighted by Gasteiger charge is -2.38. The Bertz CT molecular complexity index is 1180. The predicted octanol–water partition coefficient (Wildman–Crippen LogP) is 1.89. The van der Waals surface area contributed by atoms with Crippen LogP contribution in [0.4, 0.5) is 5.69 Å². The second kappa shape index (κ2) is 7.43. The maximum Gasteiger partial charge on any atom is 0.330 e. The number of amides is 1. The molecule has 1 aliphatic heterocycles. The highest BCUT2D eigenvalue weighted by Gasteiger charge is 2.34.